The molecule has 2 heteroatoms. The molecule has 0 aromatic rings. The third kappa shape index (κ3) is 3.52. The first kappa shape index (κ1) is 13.9. The molecule has 1 saturated heterocycles. The van der Waals surface area contributed by atoms with Gasteiger partial charge in [0.2, 0.25) is 0 Å². The van der Waals surface area contributed by atoms with Crippen LogP contribution in [0.25, 0.3) is 0 Å². The third-order valence-electron chi connectivity index (χ3n) is 5.63. The van der Waals surface area contributed by atoms with Crippen LogP contribution in [0.15, 0.2) is 0 Å². The van der Waals surface area contributed by atoms with E-state index in [0.29, 0.717) is 0 Å². The lowest BCUT2D eigenvalue weighted by molar-refractivity contribution is 0.0345. The van der Waals surface area contributed by atoms with E-state index in [1.54, 1.807) is 0 Å². The highest BCUT2D eigenvalue weighted by atomic mass is 15.2. The van der Waals surface area contributed by atoms with Crippen LogP contribution in [0.4, 0.5) is 0 Å². The second-order valence-corrected chi connectivity index (χ2v) is 7.72. The molecule has 2 saturated carbocycles. The number of hydrogen-bond acceptors (Lipinski definition) is 2. The molecule has 2 aliphatic carbocycles. The Bertz CT molecular complexity index is 279. The van der Waals surface area contributed by atoms with Crippen LogP contribution in [-0.2, 0) is 0 Å². The molecule has 0 aromatic heterocycles. The van der Waals surface area contributed by atoms with Crippen molar-refractivity contribution in [3.05, 3.63) is 0 Å². The van der Waals surface area contributed by atoms with Crippen molar-refractivity contribution in [1.82, 2.24) is 10.2 Å². The Kier molecular flexibility index (Phi) is 4.48. The van der Waals surface area contributed by atoms with Crippen LogP contribution in [0.5, 0.6) is 0 Å². The number of likely N-dealkylation sites (tertiary alicyclic amines) is 1. The number of nitrogens with zero attached hydrogens (tertiary/aromatic N) is 1. The zero-order valence-corrected chi connectivity index (χ0v) is 12.9. The molecule has 1 aliphatic heterocycles. The molecule has 1 heterocycles. The topological polar surface area (TPSA) is 15.3 Å². The third-order valence-corrected chi connectivity index (χ3v) is 5.63. The summed E-state index contributed by atoms with van der Waals surface area (Å²) in [4.78, 5) is 2.80. The minimum atomic E-state index is 0.766. The van der Waals surface area contributed by atoms with Crippen LogP contribution in [0.1, 0.15) is 65.2 Å². The molecule has 3 rings (SSSR count). The summed E-state index contributed by atoms with van der Waals surface area (Å²) in [5.41, 5.74) is 0. The molecule has 0 aromatic carbocycles. The predicted octanol–water partition coefficient (Wildman–Crippen LogP) is 3.42. The molecule has 19 heavy (non-hydrogen) atoms. The Labute approximate surface area is 119 Å². The molecule has 0 spiro atoms. The molecule has 1 N–H and O–H groups in total. The van der Waals surface area contributed by atoms with Gasteiger partial charge in [-0.25, -0.2) is 0 Å². The van der Waals surface area contributed by atoms with E-state index in [0.717, 1.165) is 30.0 Å². The fourth-order valence-electron chi connectivity index (χ4n) is 4.57. The Balaban J connectivity index is 1.50. The van der Waals surface area contributed by atoms with Crippen LogP contribution in [0.2, 0.25) is 0 Å². The van der Waals surface area contributed by atoms with Gasteiger partial charge in [-0.2, -0.15) is 0 Å². The first-order chi connectivity index (χ1) is 9.20. The predicted molar refractivity (Wildman–Crippen MR) is 81.3 cm³/mol. The highest BCUT2D eigenvalue weighted by Gasteiger charge is 2.35. The number of piperidine rings is 1. The van der Waals surface area contributed by atoms with Gasteiger partial charge in [-0.15, -0.1) is 0 Å². The van der Waals surface area contributed by atoms with Gasteiger partial charge in [0.05, 0.1) is 0 Å². The first-order valence-electron chi connectivity index (χ1n) is 8.71. The van der Waals surface area contributed by atoms with E-state index in [2.05, 4.69) is 24.1 Å². The van der Waals surface area contributed by atoms with E-state index in [4.69, 9.17) is 0 Å². The van der Waals surface area contributed by atoms with Crippen LogP contribution in [0.3, 0.4) is 0 Å². The first-order valence-corrected chi connectivity index (χ1v) is 8.71. The Morgan fingerprint density at radius 3 is 2.21 bits per heavy atom. The van der Waals surface area contributed by atoms with Gasteiger partial charge in [-0.05, 0) is 43.9 Å². The normalized spacial score (nSPS) is 42.0. The zero-order chi connectivity index (χ0) is 13.2. The monoisotopic (exact) mass is 264 g/mol. The molecular weight excluding hydrogens is 232 g/mol. The van der Waals surface area contributed by atoms with Crippen molar-refractivity contribution < 1.29 is 0 Å². The lowest BCUT2D eigenvalue weighted by Gasteiger charge is -2.47. The summed E-state index contributed by atoms with van der Waals surface area (Å²) >= 11 is 0. The van der Waals surface area contributed by atoms with Gasteiger partial charge >= 0.3 is 0 Å². The SMILES string of the molecule is CC1CC(N2CC(C)CC(NC3CCCCC3)C2)C1. The Morgan fingerprint density at radius 1 is 0.789 bits per heavy atom. The maximum atomic E-state index is 3.99. The summed E-state index contributed by atoms with van der Waals surface area (Å²) < 4.78 is 0. The molecule has 2 atom stereocenters. The number of hydrogen-bond donors (Lipinski definition) is 1. The van der Waals surface area contributed by atoms with Crippen molar-refractivity contribution in [3.8, 4) is 0 Å². The van der Waals surface area contributed by atoms with E-state index >= 15 is 0 Å². The number of nitrogens with one attached hydrogen (secondary N) is 1. The Morgan fingerprint density at radius 2 is 1.53 bits per heavy atom. The average Bonchev–Trinajstić information content (AvgIpc) is 2.35. The fourth-order valence-corrected chi connectivity index (χ4v) is 4.57. The fraction of sp³-hybridized carbons (Fsp3) is 1.00. The Hall–Kier alpha value is -0.0800. The molecule has 3 fully saturated rings. The highest BCUT2D eigenvalue weighted by molar-refractivity contribution is 4.92. The lowest BCUT2D eigenvalue weighted by Crippen LogP contribution is -2.56. The summed E-state index contributed by atoms with van der Waals surface area (Å²) in [6.07, 6.45) is 11.5. The average molecular weight is 264 g/mol. The molecule has 110 valence electrons. The van der Waals surface area contributed by atoms with E-state index in [1.165, 1.54) is 64.5 Å². The minimum Gasteiger partial charge on any atom is -0.310 e. The summed E-state index contributed by atoms with van der Waals surface area (Å²) in [5, 5.41) is 3.99. The van der Waals surface area contributed by atoms with Crippen LogP contribution < -0.4 is 5.32 Å². The van der Waals surface area contributed by atoms with Crippen molar-refractivity contribution in [2.75, 3.05) is 13.1 Å². The van der Waals surface area contributed by atoms with Crippen molar-refractivity contribution in [1.29, 1.82) is 0 Å². The molecule has 2 unspecified atom stereocenters. The molecule has 0 bridgehead atoms. The summed E-state index contributed by atoms with van der Waals surface area (Å²) in [6, 6.07) is 2.50. The highest BCUT2D eigenvalue weighted by Crippen LogP contribution is 2.34. The van der Waals surface area contributed by atoms with Crippen molar-refractivity contribution >= 4 is 0 Å². The molecule has 0 amide bonds. The van der Waals surface area contributed by atoms with Crippen LogP contribution in [-0.4, -0.2) is 36.1 Å². The van der Waals surface area contributed by atoms with E-state index in [1.807, 2.05) is 0 Å². The molecular formula is C17H32N2. The largest absolute Gasteiger partial charge is 0.310 e. The van der Waals surface area contributed by atoms with E-state index in [9.17, 15) is 0 Å². The maximum absolute atomic E-state index is 3.99. The van der Waals surface area contributed by atoms with Crippen LogP contribution in [0, 0.1) is 11.8 Å². The maximum Gasteiger partial charge on any atom is 0.0200 e. The van der Waals surface area contributed by atoms with Gasteiger partial charge in [0.1, 0.15) is 0 Å². The zero-order valence-electron chi connectivity index (χ0n) is 12.9. The molecule has 0 radical (unpaired) electrons. The minimum absolute atomic E-state index is 0.766. The van der Waals surface area contributed by atoms with Gasteiger partial charge in [-0.1, -0.05) is 33.1 Å². The summed E-state index contributed by atoms with van der Waals surface area (Å²) in [6.45, 7) is 7.52. The van der Waals surface area contributed by atoms with Gasteiger partial charge in [0.25, 0.3) is 0 Å². The summed E-state index contributed by atoms with van der Waals surface area (Å²) in [5.74, 6) is 1.86. The van der Waals surface area contributed by atoms with Gasteiger partial charge in [-0.3, -0.25) is 4.90 Å². The lowest BCUT2D eigenvalue weighted by atomic mass is 9.79. The number of rotatable bonds is 3. The standard InChI is InChI=1S/C17H32N2/c1-13-9-17(10-13)19-11-14(2)8-16(12-19)18-15-6-4-3-5-7-15/h13-18H,3-12H2,1-2H3. The van der Waals surface area contributed by atoms with Crippen molar-refractivity contribution in [3.63, 3.8) is 0 Å². The molecule has 3 aliphatic rings. The van der Waals surface area contributed by atoms with Gasteiger partial charge < -0.3 is 5.32 Å². The summed E-state index contributed by atoms with van der Waals surface area (Å²) in [7, 11) is 0. The van der Waals surface area contributed by atoms with Crippen LogP contribution >= 0.6 is 0 Å². The van der Waals surface area contributed by atoms with Crippen molar-refractivity contribution in [2.24, 2.45) is 11.8 Å². The quantitative estimate of drug-likeness (QED) is 0.840. The van der Waals surface area contributed by atoms with Crippen molar-refractivity contribution in [2.45, 2.75) is 83.3 Å². The second kappa shape index (κ2) is 6.13. The van der Waals surface area contributed by atoms with Gasteiger partial charge in [0, 0.05) is 31.2 Å². The molecule has 2 nitrogen and oxygen atoms in total. The van der Waals surface area contributed by atoms with E-state index < -0.39 is 0 Å². The second-order valence-electron chi connectivity index (χ2n) is 7.72. The van der Waals surface area contributed by atoms with E-state index in [-0.39, 0.29) is 0 Å². The smallest absolute Gasteiger partial charge is 0.0200 e. The van der Waals surface area contributed by atoms with Gasteiger partial charge in [0.15, 0.2) is 0 Å².